The summed E-state index contributed by atoms with van der Waals surface area (Å²) >= 11 is 7.74. The Morgan fingerprint density at radius 1 is 1.21 bits per heavy atom. The number of phenolic OH excluding ortho intramolecular Hbond substituents is 1. The summed E-state index contributed by atoms with van der Waals surface area (Å²) in [6.45, 7) is 7.92. The molecule has 3 aromatic rings. The van der Waals surface area contributed by atoms with Crippen LogP contribution in [-0.4, -0.2) is 30.3 Å². The molecule has 5 nitrogen and oxygen atoms in total. The lowest BCUT2D eigenvalue weighted by molar-refractivity contribution is 0.0959. The third-order valence-corrected chi connectivity index (χ3v) is 6.48. The van der Waals surface area contributed by atoms with Crippen LogP contribution in [0.4, 0.5) is 5.69 Å². The predicted molar refractivity (Wildman–Crippen MR) is 123 cm³/mol. The van der Waals surface area contributed by atoms with Crippen molar-refractivity contribution in [3.05, 3.63) is 57.4 Å². The molecular weight excluding hydrogens is 406 g/mol. The zero-order chi connectivity index (χ0) is 21.0. The van der Waals surface area contributed by atoms with Crippen molar-refractivity contribution in [3.8, 4) is 5.75 Å². The number of hydrogen-bond donors (Lipinski definition) is 2. The van der Waals surface area contributed by atoms with Gasteiger partial charge in [-0.05, 0) is 44.0 Å². The first-order valence-electron chi connectivity index (χ1n) is 9.60. The molecule has 7 heteroatoms. The lowest BCUT2D eigenvalue weighted by atomic mass is 10.1. The summed E-state index contributed by atoms with van der Waals surface area (Å²) in [5.41, 5.74) is 5.16. The molecule has 3 rings (SSSR count). The van der Waals surface area contributed by atoms with E-state index in [0.717, 1.165) is 35.3 Å². The number of hydrogen-bond acceptors (Lipinski definition) is 5. The maximum atomic E-state index is 12.5. The van der Waals surface area contributed by atoms with Gasteiger partial charge < -0.3 is 10.0 Å². The highest BCUT2D eigenvalue weighted by Crippen LogP contribution is 2.36. The van der Waals surface area contributed by atoms with Crippen LogP contribution >= 0.6 is 22.9 Å². The van der Waals surface area contributed by atoms with Crippen molar-refractivity contribution in [1.82, 2.24) is 5.43 Å². The highest BCUT2D eigenvalue weighted by atomic mass is 35.5. The van der Waals surface area contributed by atoms with Gasteiger partial charge in [0.1, 0.15) is 10.6 Å². The fourth-order valence-electron chi connectivity index (χ4n) is 3.11. The summed E-state index contributed by atoms with van der Waals surface area (Å²) < 4.78 is 0.980. The number of phenols is 1. The molecule has 0 spiro atoms. The standard InChI is InChI=1S/C22H24ClN3O2S/c1-4-14-7-10-17-19(11-14)29-21(20(17)23)22(28)25-24-13-15-8-9-16(12-18(15)27)26(5-2)6-3/h7-13,27H,4-6H2,1-3H3,(H,25,28). The highest BCUT2D eigenvalue weighted by molar-refractivity contribution is 7.21. The monoisotopic (exact) mass is 429 g/mol. The number of rotatable bonds is 7. The molecule has 29 heavy (non-hydrogen) atoms. The van der Waals surface area contributed by atoms with Gasteiger partial charge in [0.25, 0.3) is 5.91 Å². The molecule has 1 aromatic heterocycles. The Hall–Kier alpha value is -2.57. The van der Waals surface area contributed by atoms with E-state index >= 15 is 0 Å². The summed E-state index contributed by atoms with van der Waals surface area (Å²) in [5.74, 6) is -0.260. The van der Waals surface area contributed by atoms with E-state index in [1.165, 1.54) is 23.1 Å². The highest BCUT2D eigenvalue weighted by Gasteiger charge is 2.17. The molecule has 2 aromatic carbocycles. The number of anilines is 1. The van der Waals surface area contributed by atoms with Crippen molar-refractivity contribution >= 4 is 50.8 Å². The van der Waals surface area contributed by atoms with Gasteiger partial charge in [-0.25, -0.2) is 5.43 Å². The number of benzene rings is 2. The van der Waals surface area contributed by atoms with Crippen LogP contribution < -0.4 is 10.3 Å². The van der Waals surface area contributed by atoms with Crippen molar-refractivity contribution in [1.29, 1.82) is 0 Å². The number of carbonyl (C=O) groups excluding carboxylic acids is 1. The first-order chi connectivity index (χ1) is 14.0. The number of aryl methyl sites for hydroxylation is 1. The van der Waals surface area contributed by atoms with Crippen LogP contribution in [0.2, 0.25) is 5.02 Å². The average Bonchev–Trinajstić information content (AvgIpc) is 3.06. The summed E-state index contributed by atoms with van der Waals surface area (Å²) in [4.78, 5) is 15.1. The summed E-state index contributed by atoms with van der Waals surface area (Å²) in [6.07, 6.45) is 2.35. The van der Waals surface area contributed by atoms with Gasteiger partial charge in [-0.1, -0.05) is 30.7 Å². The molecule has 0 aliphatic heterocycles. The number of carbonyl (C=O) groups is 1. The molecule has 0 fully saturated rings. The van der Waals surface area contributed by atoms with Crippen LogP contribution in [0.1, 0.15) is 41.6 Å². The maximum absolute atomic E-state index is 12.5. The Balaban J connectivity index is 1.74. The molecule has 2 N–H and O–H groups in total. The molecule has 0 aliphatic rings. The molecule has 0 atom stereocenters. The van der Waals surface area contributed by atoms with E-state index in [4.69, 9.17) is 11.6 Å². The first kappa shape index (κ1) is 21.1. The zero-order valence-electron chi connectivity index (χ0n) is 16.7. The van der Waals surface area contributed by atoms with Crippen molar-refractivity contribution in [2.75, 3.05) is 18.0 Å². The van der Waals surface area contributed by atoms with Crippen LogP contribution in [-0.2, 0) is 6.42 Å². The number of thiophene rings is 1. The van der Waals surface area contributed by atoms with Crippen LogP contribution in [0.5, 0.6) is 5.75 Å². The molecule has 0 unspecified atom stereocenters. The fraction of sp³-hybridized carbons (Fsp3) is 0.273. The van der Waals surface area contributed by atoms with Crippen LogP contribution in [0.15, 0.2) is 41.5 Å². The molecule has 0 radical (unpaired) electrons. The molecule has 152 valence electrons. The summed E-state index contributed by atoms with van der Waals surface area (Å²) in [7, 11) is 0. The second-order valence-corrected chi connectivity index (χ2v) is 7.97. The third kappa shape index (κ3) is 4.54. The molecule has 1 amide bonds. The van der Waals surface area contributed by atoms with E-state index in [9.17, 15) is 9.90 Å². The molecule has 0 saturated carbocycles. The Morgan fingerprint density at radius 2 is 1.97 bits per heavy atom. The normalized spacial score (nSPS) is 11.3. The van der Waals surface area contributed by atoms with E-state index in [1.54, 1.807) is 12.1 Å². The molecule has 1 heterocycles. The molecule has 0 saturated heterocycles. The van der Waals surface area contributed by atoms with Crippen LogP contribution in [0.3, 0.4) is 0 Å². The smallest absolute Gasteiger partial charge is 0.283 e. The average molecular weight is 430 g/mol. The Morgan fingerprint density at radius 3 is 2.62 bits per heavy atom. The predicted octanol–water partition coefficient (Wildman–Crippen LogP) is 5.43. The van der Waals surface area contributed by atoms with Crippen molar-refractivity contribution in [2.24, 2.45) is 5.10 Å². The Kier molecular flexibility index (Phi) is 6.77. The second-order valence-electron chi connectivity index (χ2n) is 6.54. The summed E-state index contributed by atoms with van der Waals surface area (Å²) in [5, 5.41) is 15.5. The molecule has 0 bridgehead atoms. The maximum Gasteiger partial charge on any atom is 0.283 e. The second kappa shape index (κ2) is 9.29. The number of amides is 1. The van der Waals surface area contributed by atoms with Crippen molar-refractivity contribution in [3.63, 3.8) is 0 Å². The van der Waals surface area contributed by atoms with Crippen LogP contribution in [0.25, 0.3) is 10.1 Å². The number of aromatic hydroxyl groups is 1. The third-order valence-electron chi connectivity index (χ3n) is 4.82. The van der Waals surface area contributed by atoms with Crippen molar-refractivity contribution < 1.29 is 9.90 Å². The van der Waals surface area contributed by atoms with Gasteiger partial charge in [-0.3, -0.25) is 4.79 Å². The number of fused-ring (bicyclic) bond motifs is 1. The van der Waals surface area contributed by atoms with Gasteiger partial charge in [0.05, 0.1) is 11.2 Å². The van der Waals surface area contributed by atoms with Gasteiger partial charge in [-0.15, -0.1) is 11.3 Å². The van der Waals surface area contributed by atoms with Gasteiger partial charge >= 0.3 is 0 Å². The van der Waals surface area contributed by atoms with E-state index in [-0.39, 0.29) is 11.7 Å². The van der Waals surface area contributed by atoms with Crippen molar-refractivity contribution in [2.45, 2.75) is 27.2 Å². The van der Waals surface area contributed by atoms with E-state index in [2.05, 4.69) is 42.3 Å². The number of nitrogens with one attached hydrogen (secondary N) is 1. The largest absolute Gasteiger partial charge is 0.507 e. The zero-order valence-corrected chi connectivity index (χ0v) is 18.3. The lowest BCUT2D eigenvalue weighted by Gasteiger charge is -2.21. The SMILES string of the molecule is CCc1ccc2c(Cl)c(C(=O)NN=Cc3ccc(N(CC)CC)cc3O)sc2c1. The van der Waals surface area contributed by atoms with E-state index in [1.807, 2.05) is 18.2 Å². The van der Waals surface area contributed by atoms with Gasteiger partial charge in [0.2, 0.25) is 0 Å². The topological polar surface area (TPSA) is 64.9 Å². The quantitative estimate of drug-likeness (QED) is 0.388. The minimum atomic E-state index is -0.371. The minimum absolute atomic E-state index is 0.111. The number of halogens is 1. The van der Waals surface area contributed by atoms with Gasteiger partial charge in [0, 0.05) is 40.5 Å². The molecular formula is C22H24ClN3O2S. The van der Waals surface area contributed by atoms with Gasteiger partial charge in [-0.2, -0.15) is 5.10 Å². The lowest BCUT2D eigenvalue weighted by Crippen LogP contribution is -2.21. The fourth-order valence-corrected chi connectivity index (χ4v) is 4.58. The number of nitrogens with zero attached hydrogens (tertiary/aromatic N) is 2. The summed E-state index contributed by atoms with van der Waals surface area (Å²) in [6, 6.07) is 11.4. The number of hydrazone groups is 1. The van der Waals surface area contributed by atoms with E-state index < -0.39 is 0 Å². The Labute approximate surface area is 179 Å². The minimum Gasteiger partial charge on any atom is -0.507 e. The first-order valence-corrected chi connectivity index (χ1v) is 10.8. The van der Waals surface area contributed by atoms with Crippen LogP contribution in [0, 0.1) is 0 Å². The Bertz CT molecular complexity index is 1060. The van der Waals surface area contributed by atoms with E-state index in [0.29, 0.717) is 15.5 Å². The van der Waals surface area contributed by atoms with Gasteiger partial charge in [0.15, 0.2) is 0 Å². The molecule has 0 aliphatic carbocycles.